The van der Waals surface area contributed by atoms with Gasteiger partial charge in [0, 0.05) is 12.6 Å². The molecule has 0 heterocycles. The summed E-state index contributed by atoms with van der Waals surface area (Å²) in [5, 5.41) is 6.21. The van der Waals surface area contributed by atoms with Crippen molar-refractivity contribution in [3.8, 4) is 0 Å². The standard InChI is InChI=1S/C13H25N3O/c14-10-13(8-4-5-9-13)16-12(17)15-11-6-2-1-3-7-11/h11H,1-10,14H2,(H2,15,16,17). The average Bonchev–Trinajstić information content (AvgIpc) is 2.79. The smallest absolute Gasteiger partial charge is 0.315 e. The van der Waals surface area contributed by atoms with Crippen molar-refractivity contribution >= 4 is 6.03 Å². The minimum Gasteiger partial charge on any atom is -0.335 e. The summed E-state index contributed by atoms with van der Waals surface area (Å²) in [7, 11) is 0. The van der Waals surface area contributed by atoms with Crippen LogP contribution in [0.1, 0.15) is 57.8 Å². The van der Waals surface area contributed by atoms with E-state index in [0.29, 0.717) is 12.6 Å². The van der Waals surface area contributed by atoms with Gasteiger partial charge in [-0.05, 0) is 25.7 Å². The van der Waals surface area contributed by atoms with E-state index >= 15 is 0 Å². The van der Waals surface area contributed by atoms with E-state index in [1.165, 1.54) is 32.1 Å². The lowest BCUT2D eigenvalue weighted by Crippen LogP contribution is -2.56. The Morgan fingerprint density at radius 3 is 2.35 bits per heavy atom. The molecule has 4 nitrogen and oxygen atoms in total. The molecule has 0 aliphatic heterocycles. The molecule has 17 heavy (non-hydrogen) atoms. The summed E-state index contributed by atoms with van der Waals surface area (Å²) in [6.07, 6.45) is 10.5. The molecule has 0 atom stereocenters. The van der Waals surface area contributed by atoms with Crippen molar-refractivity contribution in [3.63, 3.8) is 0 Å². The van der Waals surface area contributed by atoms with Gasteiger partial charge in [-0.3, -0.25) is 0 Å². The number of hydrogen-bond acceptors (Lipinski definition) is 2. The van der Waals surface area contributed by atoms with Gasteiger partial charge in [-0.25, -0.2) is 4.79 Å². The number of carbonyl (C=O) groups excluding carboxylic acids is 1. The minimum absolute atomic E-state index is 0.00995. The Labute approximate surface area is 104 Å². The van der Waals surface area contributed by atoms with E-state index in [9.17, 15) is 4.79 Å². The molecule has 2 aliphatic carbocycles. The zero-order chi connectivity index (χ0) is 12.1. The van der Waals surface area contributed by atoms with Crippen molar-refractivity contribution in [1.29, 1.82) is 0 Å². The largest absolute Gasteiger partial charge is 0.335 e. The Hall–Kier alpha value is -0.770. The maximum atomic E-state index is 12.0. The van der Waals surface area contributed by atoms with Crippen LogP contribution in [0, 0.1) is 0 Å². The molecule has 98 valence electrons. The van der Waals surface area contributed by atoms with Crippen LogP contribution in [-0.2, 0) is 0 Å². The van der Waals surface area contributed by atoms with Crippen LogP contribution in [0.4, 0.5) is 4.79 Å². The second-order valence-corrected chi connectivity index (χ2v) is 5.62. The zero-order valence-electron chi connectivity index (χ0n) is 10.6. The predicted octanol–water partition coefficient (Wildman–Crippen LogP) is 1.89. The zero-order valence-corrected chi connectivity index (χ0v) is 10.6. The van der Waals surface area contributed by atoms with Crippen molar-refractivity contribution in [2.75, 3.05) is 6.54 Å². The number of rotatable bonds is 3. The second kappa shape index (κ2) is 5.71. The van der Waals surface area contributed by atoms with Gasteiger partial charge in [-0.1, -0.05) is 32.1 Å². The average molecular weight is 239 g/mol. The SMILES string of the molecule is NCC1(NC(=O)NC2CCCCC2)CCCC1. The van der Waals surface area contributed by atoms with E-state index in [4.69, 9.17) is 5.73 Å². The highest BCUT2D eigenvalue weighted by Gasteiger charge is 2.34. The summed E-state index contributed by atoms with van der Waals surface area (Å²) in [6, 6.07) is 0.365. The van der Waals surface area contributed by atoms with Crippen LogP contribution in [0.25, 0.3) is 0 Å². The highest BCUT2D eigenvalue weighted by molar-refractivity contribution is 5.75. The molecule has 2 fully saturated rings. The third kappa shape index (κ3) is 3.35. The number of carbonyl (C=O) groups is 1. The Bertz CT molecular complexity index is 255. The summed E-state index contributed by atoms with van der Waals surface area (Å²) in [5.41, 5.74) is 5.68. The molecule has 0 aromatic rings. The molecule has 0 aromatic carbocycles. The number of nitrogens with two attached hydrogens (primary N) is 1. The fraction of sp³-hybridized carbons (Fsp3) is 0.923. The van der Waals surface area contributed by atoms with Crippen molar-refractivity contribution < 1.29 is 4.79 Å². The maximum absolute atomic E-state index is 12.0. The molecule has 0 radical (unpaired) electrons. The minimum atomic E-state index is -0.126. The van der Waals surface area contributed by atoms with Gasteiger partial charge in [0.05, 0.1) is 5.54 Å². The molecular formula is C13H25N3O. The third-order valence-corrected chi connectivity index (χ3v) is 4.27. The van der Waals surface area contributed by atoms with E-state index in [1.54, 1.807) is 0 Å². The van der Waals surface area contributed by atoms with E-state index in [0.717, 1.165) is 25.7 Å². The topological polar surface area (TPSA) is 67.1 Å². The molecule has 0 spiro atoms. The number of urea groups is 1. The number of nitrogens with one attached hydrogen (secondary N) is 2. The normalized spacial score (nSPS) is 24.5. The first-order valence-electron chi connectivity index (χ1n) is 7.03. The van der Waals surface area contributed by atoms with E-state index < -0.39 is 0 Å². The molecule has 2 amide bonds. The molecule has 2 rings (SSSR count). The van der Waals surface area contributed by atoms with E-state index in [1.807, 2.05) is 0 Å². The van der Waals surface area contributed by atoms with Crippen LogP contribution in [0.5, 0.6) is 0 Å². The van der Waals surface area contributed by atoms with Gasteiger partial charge in [0.2, 0.25) is 0 Å². The quantitative estimate of drug-likeness (QED) is 0.704. The van der Waals surface area contributed by atoms with Crippen LogP contribution in [0.2, 0.25) is 0 Å². The monoisotopic (exact) mass is 239 g/mol. The molecule has 4 N–H and O–H groups in total. The van der Waals surface area contributed by atoms with Crippen molar-refractivity contribution in [2.45, 2.75) is 69.4 Å². The van der Waals surface area contributed by atoms with Crippen molar-refractivity contribution in [2.24, 2.45) is 5.73 Å². The first-order chi connectivity index (χ1) is 8.24. The molecule has 2 saturated carbocycles. The summed E-state index contributed by atoms with van der Waals surface area (Å²) >= 11 is 0. The summed E-state index contributed by atoms with van der Waals surface area (Å²) < 4.78 is 0. The molecule has 0 bridgehead atoms. The molecular weight excluding hydrogens is 214 g/mol. The second-order valence-electron chi connectivity index (χ2n) is 5.62. The molecule has 0 aromatic heterocycles. The van der Waals surface area contributed by atoms with Gasteiger partial charge < -0.3 is 16.4 Å². The maximum Gasteiger partial charge on any atom is 0.315 e. The van der Waals surface area contributed by atoms with Crippen LogP contribution < -0.4 is 16.4 Å². The highest BCUT2D eigenvalue weighted by Crippen LogP contribution is 2.28. The predicted molar refractivity (Wildman–Crippen MR) is 68.8 cm³/mol. The summed E-state index contributed by atoms with van der Waals surface area (Å²) in [5.74, 6) is 0. The Kier molecular flexibility index (Phi) is 4.26. The van der Waals surface area contributed by atoms with Gasteiger partial charge >= 0.3 is 6.03 Å². The van der Waals surface area contributed by atoms with E-state index in [2.05, 4.69) is 10.6 Å². The fourth-order valence-electron chi connectivity index (χ4n) is 3.14. The number of hydrogen-bond donors (Lipinski definition) is 3. The van der Waals surface area contributed by atoms with E-state index in [-0.39, 0.29) is 11.6 Å². The van der Waals surface area contributed by atoms with Crippen LogP contribution in [0.3, 0.4) is 0 Å². The summed E-state index contributed by atoms with van der Waals surface area (Å²) in [6.45, 7) is 0.561. The molecule has 0 saturated heterocycles. The summed E-state index contributed by atoms with van der Waals surface area (Å²) in [4.78, 5) is 12.0. The first kappa shape index (κ1) is 12.7. The van der Waals surface area contributed by atoms with Crippen molar-refractivity contribution in [3.05, 3.63) is 0 Å². The molecule has 2 aliphatic rings. The van der Waals surface area contributed by atoms with Crippen molar-refractivity contribution in [1.82, 2.24) is 10.6 Å². The van der Waals surface area contributed by atoms with Gasteiger partial charge in [-0.2, -0.15) is 0 Å². The highest BCUT2D eigenvalue weighted by atomic mass is 16.2. The first-order valence-corrected chi connectivity index (χ1v) is 7.03. The Morgan fingerprint density at radius 2 is 1.76 bits per heavy atom. The lowest BCUT2D eigenvalue weighted by atomic mass is 9.95. The van der Waals surface area contributed by atoms with Crippen LogP contribution in [-0.4, -0.2) is 24.2 Å². The number of amides is 2. The van der Waals surface area contributed by atoms with Crippen LogP contribution in [0.15, 0.2) is 0 Å². The van der Waals surface area contributed by atoms with Gasteiger partial charge in [0.15, 0.2) is 0 Å². The Morgan fingerprint density at radius 1 is 1.12 bits per heavy atom. The molecule has 0 unspecified atom stereocenters. The van der Waals surface area contributed by atoms with Gasteiger partial charge in [-0.15, -0.1) is 0 Å². The lowest BCUT2D eigenvalue weighted by molar-refractivity contribution is 0.217. The molecule has 4 heteroatoms. The fourth-order valence-corrected chi connectivity index (χ4v) is 3.14. The van der Waals surface area contributed by atoms with Crippen LogP contribution >= 0.6 is 0 Å². The Balaban J connectivity index is 1.79. The van der Waals surface area contributed by atoms with Gasteiger partial charge in [0.1, 0.15) is 0 Å². The van der Waals surface area contributed by atoms with Gasteiger partial charge in [0.25, 0.3) is 0 Å². The lowest BCUT2D eigenvalue weighted by Gasteiger charge is -2.31. The third-order valence-electron chi connectivity index (χ3n) is 4.27.